The monoisotopic (exact) mass is 273 g/mol. The minimum absolute atomic E-state index is 0.0227. The molecule has 0 amide bonds. The Morgan fingerprint density at radius 1 is 1.10 bits per heavy atom. The van der Waals surface area contributed by atoms with Gasteiger partial charge in [0.05, 0.1) is 0 Å². The van der Waals surface area contributed by atoms with E-state index in [0.29, 0.717) is 5.56 Å². The number of hydrogen-bond donors (Lipinski definition) is 2. The topological polar surface area (TPSA) is 101 Å². The first-order chi connectivity index (χ1) is 9.56. The summed E-state index contributed by atoms with van der Waals surface area (Å²) >= 11 is 0. The molecule has 3 rings (SSSR count). The van der Waals surface area contributed by atoms with E-state index in [9.17, 15) is 9.59 Å². The number of rotatable bonds is 3. The number of fused-ring (bicyclic) bond motifs is 1. The fraction of sp³-hybridized carbons (Fsp3) is 0.214. The quantitative estimate of drug-likeness (QED) is 0.889. The van der Waals surface area contributed by atoms with Gasteiger partial charge in [0.2, 0.25) is 17.3 Å². The van der Waals surface area contributed by atoms with Crippen molar-refractivity contribution in [2.75, 3.05) is 0 Å². The number of carboxylic acids is 2. The van der Waals surface area contributed by atoms with Crippen LogP contribution in [0.1, 0.15) is 38.6 Å². The van der Waals surface area contributed by atoms with Gasteiger partial charge in [-0.1, -0.05) is 6.07 Å². The Balaban J connectivity index is 2.08. The zero-order chi connectivity index (χ0) is 14.3. The van der Waals surface area contributed by atoms with Gasteiger partial charge in [-0.25, -0.2) is 14.6 Å². The molecular weight excluding hydrogens is 262 g/mol. The highest BCUT2D eigenvalue weighted by Crippen LogP contribution is 2.28. The summed E-state index contributed by atoms with van der Waals surface area (Å²) in [5.74, 6) is -3.48. The van der Waals surface area contributed by atoms with Gasteiger partial charge in [-0.05, 0) is 42.5 Å². The number of nitrogens with zero attached hydrogens (tertiary/aromatic N) is 1. The Labute approximate surface area is 113 Å². The molecular formula is C14H11NO5. The summed E-state index contributed by atoms with van der Waals surface area (Å²) in [6.07, 6.45) is 3.08. The maximum Gasteiger partial charge on any atom is 0.374 e. The number of hydrogen-bond acceptors (Lipinski definition) is 4. The van der Waals surface area contributed by atoms with Crippen LogP contribution >= 0.6 is 0 Å². The molecule has 2 N–H and O–H groups in total. The summed E-state index contributed by atoms with van der Waals surface area (Å²) in [6, 6.07) is 5.60. The predicted octanol–water partition coefficient (Wildman–Crippen LogP) is 2.23. The Hall–Kier alpha value is -2.63. The number of aryl methyl sites for hydroxylation is 2. The minimum atomic E-state index is -1.44. The van der Waals surface area contributed by atoms with Crippen molar-refractivity contribution in [2.45, 2.75) is 19.3 Å². The van der Waals surface area contributed by atoms with E-state index in [1.165, 1.54) is 11.1 Å². The van der Waals surface area contributed by atoms with Crippen LogP contribution in [0.3, 0.4) is 0 Å². The highest BCUT2D eigenvalue weighted by molar-refractivity contribution is 5.98. The third kappa shape index (κ3) is 1.95. The molecule has 6 heteroatoms. The first-order valence-electron chi connectivity index (χ1n) is 6.16. The van der Waals surface area contributed by atoms with Crippen LogP contribution in [0.25, 0.3) is 11.5 Å². The molecule has 1 aliphatic rings. The molecule has 1 heterocycles. The fourth-order valence-corrected chi connectivity index (χ4v) is 2.44. The van der Waals surface area contributed by atoms with Crippen molar-refractivity contribution in [1.82, 2.24) is 4.98 Å². The van der Waals surface area contributed by atoms with E-state index in [1.807, 2.05) is 12.1 Å². The maximum absolute atomic E-state index is 11.0. The smallest absolute Gasteiger partial charge is 0.374 e. The van der Waals surface area contributed by atoms with Crippen LogP contribution in [0.2, 0.25) is 0 Å². The molecule has 0 atom stereocenters. The number of carboxylic acid groups (broad SMARTS) is 2. The molecule has 0 radical (unpaired) electrons. The number of benzene rings is 1. The Kier molecular flexibility index (Phi) is 2.78. The van der Waals surface area contributed by atoms with Crippen molar-refractivity contribution in [3.8, 4) is 11.5 Å². The first-order valence-corrected chi connectivity index (χ1v) is 6.16. The van der Waals surface area contributed by atoms with E-state index < -0.39 is 23.4 Å². The first kappa shape index (κ1) is 12.4. The van der Waals surface area contributed by atoms with Crippen molar-refractivity contribution in [3.05, 3.63) is 40.8 Å². The summed E-state index contributed by atoms with van der Waals surface area (Å²) in [5.41, 5.74) is 2.46. The maximum atomic E-state index is 11.0. The average molecular weight is 273 g/mol. The average Bonchev–Trinajstić information content (AvgIpc) is 3.04. The minimum Gasteiger partial charge on any atom is -0.476 e. The highest BCUT2D eigenvalue weighted by atomic mass is 16.4. The summed E-state index contributed by atoms with van der Waals surface area (Å²) in [4.78, 5) is 25.7. The summed E-state index contributed by atoms with van der Waals surface area (Å²) < 4.78 is 5.09. The Morgan fingerprint density at radius 3 is 2.50 bits per heavy atom. The lowest BCUT2D eigenvalue weighted by Crippen LogP contribution is -2.05. The van der Waals surface area contributed by atoms with Crippen LogP contribution in [0.4, 0.5) is 0 Å². The molecule has 0 saturated heterocycles. The molecule has 1 aromatic heterocycles. The lowest BCUT2D eigenvalue weighted by Gasteiger charge is -2.00. The molecule has 0 spiro atoms. The molecule has 20 heavy (non-hydrogen) atoms. The summed E-state index contributed by atoms with van der Waals surface area (Å²) in [7, 11) is 0. The SMILES string of the molecule is O=C(O)c1nc(-c2ccc3c(c2)CCC3)oc1C(=O)O. The van der Waals surface area contributed by atoms with Gasteiger partial charge in [-0.2, -0.15) is 0 Å². The van der Waals surface area contributed by atoms with Gasteiger partial charge in [0, 0.05) is 5.56 Å². The van der Waals surface area contributed by atoms with E-state index in [4.69, 9.17) is 14.6 Å². The standard InChI is InChI=1S/C14H11NO5/c16-13(17)10-11(14(18)19)20-12(15-10)9-5-4-7-2-1-3-8(7)6-9/h4-6H,1-3H2,(H,16,17)(H,18,19). The highest BCUT2D eigenvalue weighted by Gasteiger charge is 2.25. The van der Waals surface area contributed by atoms with E-state index >= 15 is 0 Å². The van der Waals surface area contributed by atoms with Gasteiger partial charge >= 0.3 is 11.9 Å². The second-order valence-electron chi connectivity index (χ2n) is 4.64. The van der Waals surface area contributed by atoms with Gasteiger partial charge in [-0.15, -0.1) is 0 Å². The molecule has 0 aliphatic heterocycles. The van der Waals surface area contributed by atoms with Crippen molar-refractivity contribution in [1.29, 1.82) is 0 Å². The fourth-order valence-electron chi connectivity index (χ4n) is 2.44. The number of carbonyl (C=O) groups is 2. The van der Waals surface area contributed by atoms with Crippen LogP contribution in [-0.4, -0.2) is 27.1 Å². The second kappa shape index (κ2) is 4.48. The Bertz CT molecular complexity index is 685. The molecule has 0 saturated carbocycles. The van der Waals surface area contributed by atoms with E-state index in [0.717, 1.165) is 19.3 Å². The summed E-state index contributed by atoms with van der Waals surface area (Å²) in [6.45, 7) is 0. The van der Waals surface area contributed by atoms with Gasteiger partial charge in [0.15, 0.2) is 0 Å². The van der Waals surface area contributed by atoms with E-state index in [-0.39, 0.29) is 5.89 Å². The second-order valence-corrected chi connectivity index (χ2v) is 4.64. The third-order valence-corrected chi connectivity index (χ3v) is 3.37. The largest absolute Gasteiger partial charge is 0.476 e. The van der Waals surface area contributed by atoms with Crippen LogP contribution < -0.4 is 0 Å². The number of aromatic nitrogens is 1. The molecule has 0 unspecified atom stereocenters. The van der Waals surface area contributed by atoms with Crippen molar-refractivity contribution in [2.24, 2.45) is 0 Å². The molecule has 1 aliphatic carbocycles. The third-order valence-electron chi connectivity index (χ3n) is 3.37. The van der Waals surface area contributed by atoms with E-state index in [2.05, 4.69) is 4.98 Å². The zero-order valence-electron chi connectivity index (χ0n) is 10.4. The van der Waals surface area contributed by atoms with Crippen LogP contribution in [-0.2, 0) is 12.8 Å². The zero-order valence-corrected chi connectivity index (χ0v) is 10.4. The van der Waals surface area contributed by atoms with Gasteiger partial charge in [0.25, 0.3) is 0 Å². The van der Waals surface area contributed by atoms with Crippen molar-refractivity contribution in [3.63, 3.8) is 0 Å². The Morgan fingerprint density at radius 2 is 1.85 bits per heavy atom. The van der Waals surface area contributed by atoms with Gasteiger partial charge in [0.1, 0.15) is 0 Å². The lowest BCUT2D eigenvalue weighted by molar-refractivity contribution is 0.0624. The molecule has 0 fully saturated rings. The molecule has 102 valence electrons. The molecule has 0 bridgehead atoms. The number of aromatic carboxylic acids is 2. The molecule has 1 aromatic carbocycles. The van der Waals surface area contributed by atoms with E-state index in [1.54, 1.807) is 6.07 Å². The van der Waals surface area contributed by atoms with Crippen molar-refractivity contribution < 1.29 is 24.2 Å². The summed E-state index contributed by atoms with van der Waals surface area (Å²) in [5, 5.41) is 17.9. The lowest BCUT2D eigenvalue weighted by atomic mass is 10.1. The molecule has 2 aromatic rings. The van der Waals surface area contributed by atoms with Crippen LogP contribution in [0, 0.1) is 0 Å². The molecule has 6 nitrogen and oxygen atoms in total. The van der Waals surface area contributed by atoms with Gasteiger partial charge < -0.3 is 14.6 Å². The predicted molar refractivity (Wildman–Crippen MR) is 67.9 cm³/mol. The van der Waals surface area contributed by atoms with Crippen molar-refractivity contribution >= 4 is 11.9 Å². The normalized spacial score (nSPS) is 13.2. The van der Waals surface area contributed by atoms with Crippen LogP contribution in [0.5, 0.6) is 0 Å². The van der Waals surface area contributed by atoms with Crippen LogP contribution in [0.15, 0.2) is 22.6 Å². The number of oxazole rings is 1. The van der Waals surface area contributed by atoms with Gasteiger partial charge in [-0.3, -0.25) is 0 Å².